The van der Waals surface area contributed by atoms with Crippen LogP contribution in [0.2, 0.25) is 0 Å². The zero-order valence-electron chi connectivity index (χ0n) is 16.3. The molecule has 1 fully saturated rings. The highest BCUT2D eigenvalue weighted by Crippen LogP contribution is 2.06. The quantitative estimate of drug-likeness (QED) is 0.293. The number of morpholine rings is 1. The van der Waals surface area contributed by atoms with E-state index < -0.39 is 0 Å². The second kappa shape index (κ2) is 13.7. The summed E-state index contributed by atoms with van der Waals surface area (Å²) in [5.74, 6) is 0.748. The fourth-order valence-electron chi connectivity index (χ4n) is 2.74. The molecule has 2 rings (SSSR count). The van der Waals surface area contributed by atoms with E-state index in [1.54, 1.807) is 0 Å². The minimum Gasteiger partial charge on any atom is -0.379 e. The minimum atomic E-state index is -0.0473. The minimum absolute atomic E-state index is 0. The summed E-state index contributed by atoms with van der Waals surface area (Å²) in [6.07, 6.45) is 0. The summed E-state index contributed by atoms with van der Waals surface area (Å²) in [5.41, 5.74) is 1.68. The molecule has 1 aromatic carbocycles. The number of benzene rings is 1. The van der Waals surface area contributed by atoms with Crippen LogP contribution in [0.4, 0.5) is 0 Å². The number of hydrogen-bond donors (Lipinski definition) is 3. The summed E-state index contributed by atoms with van der Waals surface area (Å²) < 4.78 is 5.37. The molecule has 27 heavy (non-hydrogen) atoms. The third-order valence-electron chi connectivity index (χ3n) is 4.11. The molecule has 1 heterocycles. The van der Waals surface area contributed by atoms with Crippen molar-refractivity contribution >= 4 is 35.8 Å². The maximum absolute atomic E-state index is 11.9. The zero-order chi connectivity index (χ0) is 18.6. The average molecular weight is 489 g/mol. The molecule has 152 valence electrons. The summed E-state index contributed by atoms with van der Waals surface area (Å²) in [7, 11) is 0. The van der Waals surface area contributed by atoms with E-state index in [1.807, 2.05) is 31.2 Å². The first kappa shape index (κ1) is 23.6. The Morgan fingerprint density at radius 3 is 2.59 bits per heavy atom. The molecule has 3 N–H and O–H groups in total. The van der Waals surface area contributed by atoms with Crippen LogP contribution in [0, 0.1) is 0 Å². The molecular weight excluding hydrogens is 457 g/mol. The van der Waals surface area contributed by atoms with Gasteiger partial charge in [0.05, 0.1) is 19.8 Å². The van der Waals surface area contributed by atoms with Gasteiger partial charge in [-0.2, -0.15) is 0 Å². The molecule has 1 aromatic rings. The van der Waals surface area contributed by atoms with Gasteiger partial charge < -0.3 is 20.7 Å². The molecule has 0 aliphatic carbocycles. The van der Waals surface area contributed by atoms with Crippen LogP contribution in [-0.4, -0.2) is 69.2 Å². The van der Waals surface area contributed by atoms with E-state index in [1.165, 1.54) is 0 Å². The molecule has 0 atom stereocenters. The lowest BCUT2D eigenvalue weighted by Gasteiger charge is -2.26. The van der Waals surface area contributed by atoms with Gasteiger partial charge in [0.25, 0.3) is 5.91 Å². The highest BCUT2D eigenvalue weighted by atomic mass is 127. The zero-order valence-corrected chi connectivity index (χ0v) is 18.6. The van der Waals surface area contributed by atoms with E-state index in [9.17, 15) is 4.79 Å². The summed E-state index contributed by atoms with van der Waals surface area (Å²) >= 11 is 0. The molecule has 7 nitrogen and oxygen atoms in total. The molecule has 1 aliphatic heterocycles. The van der Waals surface area contributed by atoms with Crippen LogP contribution in [0.15, 0.2) is 29.3 Å². The second-order valence-corrected chi connectivity index (χ2v) is 6.14. The maximum atomic E-state index is 11.9. The summed E-state index contributed by atoms with van der Waals surface area (Å²) in [6, 6.07) is 7.60. The lowest BCUT2D eigenvalue weighted by Crippen LogP contribution is -2.44. The summed E-state index contributed by atoms with van der Waals surface area (Å²) in [4.78, 5) is 19.0. The van der Waals surface area contributed by atoms with Crippen LogP contribution in [0.1, 0.15) is 29.8 Å². The van der Waals surface area contributed by atoms with E-state index >= 15 is 0 Å². The monoisotopic (exact) mass is 489 g/mol. The van der Waals surface area contributed by atoms with Crippen LogP contribution in [0.3, 0.4) is 0 Å². The fourth-order valence-corrected chi connectivity index (χ4v) is 2.74. The first-order valence-corrected chi connectivity index (χ1v) is 9.42. The van der Waals surface area contributed by atoms with Crippen LogP contribution >= 0.6 is 24.0 Å². The van der Waals surface area contributed by atoms with Gasteiger partial charge in [-0.15, -0.1) is 24.0 Å². The molecule has 1 aliphatic rings. The lowest BCUT2D eigenvalue weighted by atomic mass is 10.1. The van der Waals surface area contributed by atoms with E-state index in [-0.39, 0.29) is 29.9 Å². The fraction of sp³-hybridized carbons (Fsp3) is 0.579. The van der Waals surface area contributed by atoms with Crippen LogP contribution in [0.25, 0.3) is 0 Å². The molecule has 1 saturated heterocycles. The Morgan fingerprint density at radius 1 is 1.15 bits per heavy atom. The molecule has 0 unspecified atom stereocenters. The van der Waals surface area contributed by atoms with Gasteiger partial charge >= 0.3 is 0 Å². The van der Waals surface area contributed by atoms with E-state index in [4.69, 9.17) is 4.74 Å². The van der Waals surface area contributed by atoms with Gasteiger partial charge in [0.15, 0.2) is 5.96 Å². The average Bonchev–Trinajstić information content (AvgIpc) is 2.67. The van der Waals surface area contributed by atoms with Gasteiger partial charge in [0.2, 0.25) is 0 Å². The first-order valence-electron chi connectivity index (χ1n) is 9.42. The number of hydrogen-bond acceptors (Lipinski definition) is 4. The Hall–Kier alpha value is -1.39. The van der Waals surface area contributed by atoms with Crippen molar-refractivity contribution in [3.8, 4) is 0 Å². The standard InChI is InChI=1S/C19H31N5O2.HI/c1-3-20-18(25)17-7-5-6-16(14-17)15-23-19(21-4-2)22-8-9-24-10-12-26-13-11-24;/h5-7,14H,3-4,8-13,15H2,1-2H3,(H,20,25)(H2,21,22,23);1H. The van der Waals surface area contributed by atoms with Gasteiger partial charge in [-0.25, -0.2) is 4.99 Å². The Bertz CT molecular complexity index is 591. The largest absolute Gasteiger partial charge is 0.379 e. The van der Waals surface area contributed by atoms with Crippen LogP contribution in [-0.2, 0) is 11.3 Å². The van der Waals surface area contributed by atoms with Gasteiger partial charge in [0, 0.05) is 44.8 Å². The van der Waals surface area contributed by atoms with Gasteiger partial charge in [0.1, 0.15) is 0 Å². The van der Waals surface area contributed by atoms with Crippen molar-refractivity contribution in [3.05, 3.63) is 35.4 Å². The number of nitrogens with one attached hydrogen (secondary N) is 3. The van der Waals surface area contributed by atoms with Gasteiger partial charge in [-0.3, -0.25) is 9.69 Å². The molecular formula is C19H32IN5O2. The third kappa shape index (κ3) is 8.89. The number of carbonyl (C=O) groups is 1. The third-order valence-corrected chi connectivity index (χ3v) is 4.11. The Kier molecular flexibility index (Phi) is 12.0. The number of amides is 1. The summed E-state index contributed by atoms with van der Waals surface area (Å²) in [6.45, 7) is 11.3. The van der Waals surface area contributed by atoms with Gasteiger partial charge in [-0.05, 0) is 31.5 Å². The van der Waals surface area contributed by atoms with Crippen molar-refractivity contribution < 1.29 is 9.53 Å². The van der Waals surface area contributed by atoms with Crippen LogP contribution in [0.5, 0.6) is 0 Å². The molecule has 0 aromatic heterocycles. The van der Waals surface area contributed by atoms with E-state index in [0.717, 1.165) is 57.5 Å². The van der Waals surface area contributed by atoms with Crippen molar-refractivity contribution in [2.75, 3.05) is 52.5 Å². The molecule has 0 radical (unpaired) electrons. The molecule has 8 heteroatoms. The predicted octanol–water partition coefficient (Wildman–Crippen LogP) is 1.44. The molecule has 0 saturated carbocycles. The highest BCUT2D eigenvalue weighted by Gasteiger charge is 2.09. The van der Waals surface area contributed by atoms with Crippen LogP contribution < -0.4 is 16.0 Å². The van der Waals surface area contributed by atoms with Crippen molar-refractivity contribution in [2.45, 2.75) is 20.4 Å². The van der Waals surface area contributed by atoms with Crippen molar-refractivity contribution in [2.24, 2.45) is 4.99 Å². The SMILES string of the molecule is CCNC(=O)c1cccc(CN=C(NCC)NCCN2CCOCC2)c1.I. The lowest BCUT2D eigenvalue weighted by molar-refractivity contribution is 0.0389. The maximum Gasteiger partial charge on any atom is 0.251 e. The predicted molar refractivity (Wildman–Crippen MR) is 120 cm³/mol. The number of aliphatic imine (C=N–C) groups is 1. The van der Waals surface area contributed by atoms with Gasteiger partial charge in [-0.1, -0.05) is 12.1 Å². The molecule has 0 bridgehead atoms. The molecule has 0 spiro atoms. The highest BCUT2D eigenvalue weighted by molar-refractivity contribution is 14.0. The topological polar surface area (TPSA) is 78.0 Å². The summed E-state index contributed by atoms with van der Waals surface area (Å²) in [5, 5.41) is 9.46. The van der Waals surface area contributed by atoms with Crippen molar-refractivity contribution in [1.82, 2.24) is 20.9 Å². The van der Waals surface area contributed by atoms with Crippen molar-refractivity contribution in [1.29, 1.82) is 0 Å². The number of rotatable bonds is 8. The number of ether oxygens (including phenoxy) is 1. The van der Waals surface area contributed by atoms with Crippen molar-refractivity contribution in [3.63, 3.8) is 0 Å². The van der Waals surface area contributed by atoms with E-state index in [0.29, 0.717) is 18.7 Å². The number of guanidine groups is 1. The first-order chi connectivity index (χ1) is 12.7. The second-order valence-electron chi connectivity index (χ2n) is 6.14. The Labute approximate surface area is 179 Å². The molecule has 1 amide bonds. The normalized spacial score (nSPS) is 15.0. The number of carbonyl (C=O) groups excluding carboxylic acids is 1. The Morgan fingerprint density at radius 2 is 1.89 bits per heavy atom. The smallest absolute Gasteiger partial charge is 0.251 e. The number of nitrogens with zero attached hydrogens (tertiary/aromatic N) is 2. The Balaban J connectivity index is 0.00000364. The van der Waals surface area contributed by atoms with E-state index in [2.05, 4.69) is 32.8 Å². The number of halogens is 1.